The van der Waals surface area contributed by atoms with Crippen LogP contribution in [0.25, 0.3) is 0 Å². The Balaban J connectivity index is 1.60. The van der Waals surface area contributed by atoms with Gasteiger partial charge in [-0.05, 0) is 36.2 Å². The van der Waals surface area contributed by atoms with E-state index in [1.165, 1.54) is 5.56 Å². The Bertz CT molecular complexity index is 604. The number of pyridine rings is 1. The second kappa shape index (κ2) is 6.01. The Kier molecular flexibility index (Phi) is 3.92. The Morgan fingerprint density at radius 1 is 1.15 bits per heavy atom. The molecule has 3 rings (SSSR count). The zero-order valence-corrected chi connectivity index (χ0v) is 11.7. The molecule has 0 radical (unpaired) electrons. The summed E-state index contributed by atoms with van der Waals surface area (Å²) >= 11 is 6.04. The Hall–Kier alpha value is -1.94. The van der Waals surface area contributed by atoms with Crippen LogP contribution in [0.1, 0.15) is 5.56 Å². The Labute approximate surface area is 122 Å². The molecule has 0 unspecified atom stereocenters. The largest absolute Gasteiger partial charge is 0.486 e. The van der Waals surface area contributed by atoms with Crippen molar-refractivity contribution in [2.75, 3.05) is 25.1 Å². The minimum absolute atomic E-state index is 0.609. The predicted octanol–water partition coefficient (Wildman–Crippen LogP) is 3.16. The number of fused-ring (bicyclic) bond motifs is 1. The van der Waals surface area contributed by atoms with Crippen molar-refractivity contribution in [1.82, 2.24) is 4.98 Å². The molecule has 0 atom stereocenters. The van der Waals surface area contributed by atoms with E-state index in [9.17, 15) is 0 Å². The van der Waals surface area contributed by atoms with Crippen LogP contribution in [0.15, 0.2) is 36.5 Å². The summed E-state index contributed by atoms with van der Waals surface area (Å²) in [5.41, 5.74) is 1.19. The lowest BCUT2D eigenvalue weighted by molar-refractivity contribution is 0.171. The molecule has 0 spiro atoms. The summed E-state index contributed by atoms with van der Waals surface area (Å²) < 4.78 is 11.1. The predicted molar refractivity (Wildman–Crippen MR) is 78.9 cm³/mol. The molecular formula is C15H15ClN2O2. The number of hydrogen-bond acceptors (Lipinski definition) is 4. The van der Waals surface area contributed by atoms with Crippen LogP contribution >= 0.6 is 11.6 Å². The quantitative estimate of drug-likeness (QED) is 0.939. The van der Waals surface area contributed by atoms with Gasteiger partial charge in [0.05, 0.1) is 5.02 Å². The van der Waals surface area contributed by atoms with Gasteiger partial charge in [-0.1, -0.05) is 17.7 Å². The summed E-state index contributed by atoms with van der Waals surface area (Å²) in [6, 6.07) is 9.66. The van der Waals surface area contributed by atoms with Gasteiger partial charge in [0.1, 0.15) is 19.0 Å². The van der Waals surface area contributed by atoms with Crippen LogP contribution in [0, 0.1) is 0 Å². The zero-order chi connectivity index (χ0) is 13.8. The van der Waals surface area contributed by atoms with Gasteiger partial charge in [-0.2, -0.15) is 0 Å². The second-order valence-corrected chi connectivity index (χ2v) is 4.90. The van der Waals surface area contributed by atoms with Crippen molar-refractivity contribution in [3.8, 4) is 11.5 Å². The number of nitrogens with zero attached hydrogens (tertiary/aromatic N) is 1. The monoisotopic (exact) mass is 290 g/mol. The van der Waals surface area contributed by atoms with E-state index in [1.807, 2.05) is 24.3 Å². The Morgan fingerprint density at radius 2 is 2.00 bits per heavy atom. The zero-order valence-electron chi connectivity index (χ0n) is 10.9. The van der Waals surface area contributed by atoms with Crippen molar-refractivity contribution in [1.29, 1.82) is 0 Å². The molecule has 0 saturated carbocycles. The molecule has 1 aliphatic rings. The van der Waals surface area contributed by atoms with E-state index in [0.717, 1.165) is 24.5 Å². The van der Waals surface area contributed by atoms with Gasteiger partial charge in [0, 0.05) is 12.7 Å². The average Bonchev–Trinajstić information content (AvgIpc) is 2.49. The van der Waals surface area contributed by atoms with E-state index in [1.54, 1.807) is 6.20 Å². The van der Waals surface area contributed by atoms with Crippen LogP contribution in [-0.4, -0.2) is 24.7 Å². The van der Waals surface area contributed by atoms with Crippen LogP contribution in [0.2, 0.25) is 5.02 Å². The molecule has 1 aliphatic heterocycles. The summed E-state index contributed by atoms with van der Waals surface area (Å²) in [5.74, 6) is 2.36. The maximum Gasteiger partial charge on any atom is 0.161 e. The van der Waals surface area contributed by atoms with E-state index in [4.69, 9.17) is 21.1 Å². The molecule has 4 nitrogen and oxygen atoms in total. The lowest BCUT2D eigenvalue weighted by Gasteiger charge is -2.19. The molecule has 0 bridgehead atoms. The van der Waals surface area contributed by atoms with Crippen molar-refractivity contribution in [3.05, 3.63) is 47.1 Å². The van der Waals surface area contributed by atoms with Gasteiger partial charge < -0.3 is 14.8 Å². The van der Waals surface area contributed by atoms with E-state index >= 15 is 0 Å². The lowest BCUT2D eigenvalue weighted by atomic mass is 10.1. The van der Waals surface area contributed by atoms with E-state index < -0.39 is 0 Å². The van der Waals surface area contributed by atoms with E-state index in [-0.39, 0.29) is 0 Å². The van der Waals surface area contributed by atoms with E-state index in [2.05, 4.69) is 16.4 Å². The Morgan fingerprint density at radius 3 is 2.85 bits per heavy atom. The summed E-state index contributed by atoms with van der Waals surface area (Å²) in [4.78, 5) is 4.19. The number of ether oxygens (including phenoxy) is 2. The SMILES string of the molecule is Clc1cccnc1NCCc1ccc2c(c1)OCCO2. The highest BCUT2D eigenvalue weighted by atomic mass is 35.5. The number of rotatable bonds is 4. The first-order valence-corrected chi connectivity index (χ1v) is 6.93. The third kappa shape index (κ3) is 2.96. The molecule has 0 amide bonds. The summed E-state index contributed by atoms with van der Waals surface area (Å²) in [6.07, 6.45) is 2.59. The van der Waals surface area contributed by atoms with Crippen molar-refractivity contribution >= 4 is 17.4 Å². The van der Waals surface area contributed by atoms with Crippen molar-refractivity contribution in [2.24, 2.45) is 0 Å². The highest BCUT2D eigenvalue weighted by Crippen LogP contribution is 2.30. The van der Waals surface area contributed by atoms with Crippen molar-refractivity contribution < 1.29 is 9.47 Å². The number of anilines is 1. The van der Waals surface area contributed by atoms with Crippen LogP contribution < -0.4 is 14.8 Å². The fraction of sp³-hybridized carbons (Fsp3) is 0.267. The topological polar surface area (TPSA) is 43.4 Å². The molecule has 2 heterocycles. The first-order chi connectivity index (χ1) is 9.83. The van der Waals surface area contributed by atoms with Gasteiger partial charge in [-0.25, -0.2) is 4.98 Å². The lowest BCUT2D eigenvalue weighted by Crippen LogP contribution is -2.15. The van der Waals surface area contributed by atoms with Crippen LogP contribution in [0.3, 0.4) is 0 Å². The van der Waals surface area contributed by atoms with Gasteiger partial charge >= 0.3 is 0 Å². The summed E-state index contributed by atoms with van der Waals surface area (Å²) in [5, 5.41) is 3.86. The number of hydrogen-bond donors (Lipinski definition) is 1. The number of nitrogens with one attached hydrogen (secondary N) is 1. The first kappa shape index (κ1) is 13.1. The highest BCUT2D eigenvalue weighted by Gasteiger charge is 2.11. The van der Waals surface area contributed by atoms with Crippen molar-refractivity contribution in [2.45, 2.75) is 6.42 Å². The van der Waals surface area contributed by atoms with E-state index in [0.29, 0.717) is 24.1 Å². The van der Waals surface area contributed by atoms with Gasteiger partial charge in [-0.3, -0.25) is 0 Å². The number of benzene rings is 1. The summed E-state index contributed by atoms with van der Waals surface area (Å²) in [6.45, 7) is 1.99. The molecule has 2 aromatic rings. The number of halogens is 1. The fourth-order valence-corrected chi connectivity index (χ4v) is 2.27. The van der Waals surface area contributed by atoms with Crippen LogP contribution in [0.4, 0.5) is 5.82 Å². The molecule has 1 aromatic carbocycles. The maximum absolute atomic E-state index is 6.04. The standard InChI is InChI=1S/C15H15ClN2O2/c16-12-2-1-6-17-15(12)18-7-5-11-3-4-13-14(10-11)20-9-8-19-13/h1-4,6,10H,5,7-9H2,(H,17,18). The molecule has 0 fully saturated rings. The van der Waals surface area contributed by atoms with Gasteiger partial charge in [0.15, 0.2) is 11.5 Å². The third-order valence-electron chi connectivity index (χ3n) is 3.07. The minimum Gasteiger partial charge on any atom is -0.486 e. The van der Waals surface area contributed by atoms with Gasteiger partial charge in [-0.15, -0.1) is 0 Å². The highest BCUT2D eigenvalue weighted by molar-refractivity contribution is 6.32. The molecule has 20 heavy (non-hydrogen) atoms. The molecule has 0 saturated heterocycles. The smallest absolute Gasteiger partial charge is 0.161 e. The average molecular weight is 291 g/mol. The second-order valence-electron chi connectivity index (χ2n) is 4.49. The van der Waals surface area contributed by atoms with Crippen molar-refractivity contribution in [3.63, 3.8) is 0 Å². The van der Waals surface area contributed by atoms with Gasteiger partial charge in [0.2, 0.25) is 0 Å². The molecule has 0 aliphatic carbocycles. The maximum atomic E-state index is 6.04. The number of aromatic nitrogens is 1. The summed E-state index contributed by atoms with van der Waals surface area (Å²) in [7, 11) is 0. The molecule has 5 heteroatoms. The molecule has 1 N–H and O–H groups in total. The van der Waals surface area contributed by atoms with Gasteiger partial charge in [0.25, 0.3) is 0 Å². The van der Waals surface area contributed by atoms with Crippen LogP contribution in [0.5, 0.6) is 11.5 Å². The van der Waals surface area contributed by atoms with Crippen LogP contribution in [-0.2, 0) is 6.42 Å². The molecular weight excluding hydrogens is 276 g/mol. The fourth-order valence-electron chi connectivity index (χ4n) is 2.08. The molecule has 104 valence electrons. The molecule has 1 aromatic heterocycles. The third-order valence-corrected chi connectivity index (χ3v) is 3.38. The normalized spacial score (nSPS) is 13.1. The first-order valence-electron chi connectivity index (χ1n) is 6.56. The minimum atomic E-state index is 0.609.